The summed E-state index contributed by atoms with van der Waals surface area (Å²) < 4.78 is 13.3. The first-order valence-corrected chi connectivity index (χ1v) is 9.07. The lowest BCUT2D eigenvalue weighted by atomic mass is 10.1. The maximum atomic E-state index is 12.4. The molecule has 2 amide bonds. The topological polar surface area (TPSA) is 77.4 Å². The number of nitrogens with zero attached hydrogens (tertiary/aromatic N) is 2. The number of anilines is 1. The van der Waals surface area contributed by atoms with E-state index in [9.17, 15) is 4.79 Å². The first kappa shape index (κ1) is 17.9. The molecule has 1 aromatic heterocycles. The van der Waals surface area contributed by atoms with Gasteiger partial charge in [0, 0.05) is 43.7 Å². The molecule has 7 heteroatoms. The van der Waals surface area contributed by atoms with Gasteiger partial charge in [0.2, 0.25) is 5.79 Å². The van der Waals surface area contributed by atoms with E-state index in [1.807, 2.05) is 55.8 Å². The van der Waals surface area contributed by atoms with Gasteiger partial charge in [0.25, 0.3) is 0 Å². The molecule has 2 N–H and O–H groups in total. The summed E-state index contributed by atoms with van der Waals surface area (Å²) in [6.07, 6.45) is 5.37. The van der Waals surface area contributed by atoms with Crippen LogP contribution in [0.5, 0.6) is 11.5 Å². The maximum absolute atomic E-state index is 12.4. The summed E-state index contributed by atoms with van der Waals surface area (Å²) in [5.41, 5.74) is 2.66. The van der Waals surface area contributed by atoms with Crippen LogP contribution in [0.4, 0.5) is 10.5 Å². The van der Waals surface area contributed by atoms with E-state index >= 15 is 0 Å². The van der Waals surface area contributed by atoms with Gasteiger partial charge in [-0.2, -0.15) is 0 Å². The molecule has 2 aromatic carbocycles. The van der Waals surface area contributed by atoms with Gasteiger partial charge in [-0.1, -0.05) is 12.1 Å². The highest BCUT2D eigenvalue weighted by Gasteiger charge is 2.31. The average Bonchev–Trinajstić information content (AvgIpc) is 3.27. The van der Waals surface area contributed by atoms with Crippen molar-refractivity contribution in [1.82, 2.24) is 14.9 Å². The Bertz CT molecular complexity index is 981. The first-order valence-electron chi connectivity index (χ1n) is 9.07. The molecule has 1 aliphatic rings. The first-order chi connectivity index (χ1) is 13.4. The monoisotopic (exact) mass is 378 g/mol. The molecule has 28 heavy (non-hydrogen) atoms. The molecule has 0 saturated carbocycles. The van der Waals surface area contributed by atoms with Crippen molar-refractivity contribution in [2.24, 2.45) is 0 Å². The van der Waals surface area contributed by atoms with Gasteiger partial charge in [0.1, 0.15) is 0 Å². The van der Waals surface area contributed by atoms with Gasteiger partial charge in [-0.15, -0.1) is 0 Å². The number of carbonyl (C=O) groups excluding carboxylic acids is 1. The second-order valence-electron chi connectivity index (χ2n) is 7.15. The quantitative estimate of drug-likeness (QED) is 0.711. The van der Waals surface area contributed by atoms with Crippen LogP contribution in [0.25, 0.3) is 5.69 Å². The standard InChI is InChI=1S/C21H22N4O3/c1-14(15-4-7-17(8-5-15)25-11-10-22-13-25)23-20(26)24-16-6-9-18-19(12-16)28-21(2,3)27-18/h4-14H,1-3H3,(H2,23,24,26). The summed E-state index contributed by atoms with van der Waals surface area (Å²) in [6.45, 7) is 5.62. The van der Waals surface area contributed by atoms with Crippen LogP contribution in [-0.4, -0.2) is 21.4 Å². The Morgan fingerprint density at radius 1 is 1.11 bits per heavy atom. The molecule has 0 spiro atoms. The molecule has 144 valence electrons. The predicted octanol–water partition coefficient (Wildman–Crippen LogP) is 4.26. The molecule has 2 heterocycles. The number of fused-ring (bicyclic) bond motifs is 1. The summed E-state index contributed by atoms with van der Waals surface area (Å²) in [4.78, 5) is 16.4. The largest absolute Gasteiger partial charge is 0.449 e. The van der Waals surface area contributed by atoms with E-state index in [2.05, 4.69) is 15.6 Å². The van der Waals surface area contributed by atoms with Crippen molar-refractivity contribution in [3.63, 3.8) is 0 Å². The van der Waals surface area contributed by atoms with Crippen LogP contribution in [0, 0.1) is 0 Å². The smallest absolute Gasteiger partial charge is 0.319 e. The Labute approximate surface area is 163 Å². The second-order valence-corrected chi connectivity index (χ2v) is 7.15. The minimum atomic E-state index is -0.694. The minimum Gasteiger partial charge on any atom is -0.449 e. The van der Waals surface area contributed by atoms with Crippen molar-refractivity contribution in [2.75, 3.05) is 5.32 Å². The summed E-state index contributed by atoms with van der Waals surface area (Å²) in [7, 11) is 0. The number of carbonyl (C=O) groups is 1. The molecule has 0 radical (unpaired) electrons. The molecule has 1 unspecified atom stereocenters. The molecule has 0 fully saturated rings. The number of benzene rings is 2. The summed E-state index contributed by atoms with van der Waals surface area (Å²) >= 11 is 0. The molecule has 0 saturated heterocycles. The fraction of sp³-hybridized carbons (Fsp3) is 0.238. The lowest BCUT2D eigenvalue weighted by Crippen LogP contribution is -2.31. The highest BCUT2D eigenvalue weighted by atomic mass is 16.7. The van der Waals surface area contributed by atoms with Gasteiger partial charge in [0.15, 0.2) is 11.5 Å². The molecule has 3 aromatic rings. The molecule has 0 bridgehead atoms. The lowest BCUT2D eigenvalue weighted by Gasteiger charge is -2.16. The number of urea groups is 1. The zero-order chi connectivity index (χ0) is 19.7. The van der Waals surface area contributed by atoms with Crippen molar-refractivity contribution < 1.29 is 14.3 Å². The van der Waals surface area contributed by atoms with Crippen LogP contribution in [0.15, 0.2) is 61.2 Å². The van der Waals surface area contributed by atoms with Crippen LogP contribution in [0.3, 0.4) is 0 Å². The summed E-state index contributed by atoms with van der Waals surface area (Å²) in [5.74, 6) is 0.592. The number of rotatable bonds is 4. The fourth-order valence-corrected chi connectivity index (χ4v) is 3.09. The third-order valence-corrected chi connectivity index (χ3v) is 4.46. The van der Waals surface area contributed by atoms with E-state index in [1.165, 1.54) is 0 Å². The Morgan fingerprint density at radius 3 is 2.57 bits per heavy atom. The van der Waals surface area contributed by atoms with Crippen molar-refractivity contribution in [2.45, 2.75) is 32.6 Å². The third-order valence-electron chi connectivity index (χ3n) is 4.46. The number of hydrogen-bond acceptors (Lipinski definition) is 4. The Morgan fingerprint density at radius 2 is 1.86 bits per heavy atom. The molecular formula is C21H22N4O3. The zero-order valence-electron chi connectivity index (χ0n) is 16.0. The maximum Gasteiger partial charge on any atom is 0.319 e. The molecule has 7 nitrogen and oxygen atoms in total. The summed E-state index contributed by atoms with van der Waals surface area (Å²) in [5, 5.41) is 5.78. The molecule has 1 aliphatic heterocycles. The van der Waals surface area contributed by atoms with Crippen LogP contribution >= 0.6 is 0 Å². The molecular weight excluding hydrogens is 356 g/mol. The van der Waals surface area contributed by atoms with E-state index in [1.54, 1.807) is 30.7 Å². The highest BCUT2D eigenvalue weighted by Crippen LogP contribution is 2.40. The van der Waals surface area contributed by atoms with Gasteiger partial charge >= 0.3 is 6.03 Å². The fourth-order valence-electron chi connectivity index (χ4n) is 3.09. The molecule has 1 atom stereocenters. The van der Waals surface area contributed by atoms with Crippen LogP contribution in [-0.2, 0) is 0 Å². The van der Waals surface area contributed by atoms with Gasteiger partial charge in [-0.05, 0) is 36.8 Å². The SMILES string of the molecule is CC(NC(=O)Nc1ccc2c(c1)OC(C)(C)O2)c1ccc(-n2ccnc2)cc1. The third kappa shape index (κ3) is 3.78. The van der Waals surface area contributed by atoms with Crippen LogP contribution in [0.1, 0.15) is 32.4 Å². The van der Waals surface area contributed by atoms with E-state index < -0.39 is 5.79 Å². The number of hydrogen-bond donors (Lipinski definition) is 2. The number of aromatic nitrogens is 2. The minimum absolute atomic E-state index is 0.148. The molecule has 4 rings (SSSR count). The van der Waals surface area contributed by atoms with Gasteiger partial charge in [0.05, 0.1) is 12.4 Å². The van der Waals surface area contributed by atoms with Gasteiger partial charge < -0.3 is 24.7 Å². The second kappa shape index (κ2) is 6.92. The van der Waals surface area contributed by atoms with E-state index in [-0.39, 0.29) is 12.1 Å². The van der Waals surface area contributed by atoms with Crippen molar-refractivity contribution >= 4 is 11.7 Å². The number of ether oxygens (including phenoxy) is 2. The number of imidazole rings is 1. The number of nitrogens with one attached hydrogen (secondary N) is 2. The van der Waals surface area contributed by atoms with E-state index in [0.717, 1.165) is 11.3 Å². The zero-order valence-corrected chi connectivity index (χ0v) is 16.0. The van der Waals surface area contributed by atoms with Crippen molar-refractivity contribution in [1.29, 1.82) is 0 Å². The Kier molecular flexibility index (Phi) is 4.43. The highest BCUT2D eigenvalue weighted by molar-refractivity contribution is 5.90. The van der Waals surface area contributed by atoms with Gasteiger partial charge in [-0.3, -0.25) is 0 Å². The van der Waals surface area contributed by atoms with Crippen LogP contribution in [0.2, 0.25) is 0 Å². The molecule has 0 aliphatic carbocycles. The number of amides is 2. The van der Waals surface area contributed by atoms with Crippen LogP contribution < -0.4 is 20.1 Å². The Balaban J connectivity index is 1.37. The van der Waals surface area contributed by atoms with Crippen molar-refractivity contribution in [3.05, 3.63) is 66.7 Å². The van der Waals surface area contributed by atoms with Crippen molar-refractivity contribution in [3.8, 4) is 17.2 Å². The Hall–Kier alpha value is -3.48. The lowest BCUT2D eigenvalue weighted by molar-refractivity contribution is -0.0431. The summed E-state index contributed by atoms with van der Waals surface area (Å²) in [6, 6.07) is 12.9. The average molecular weight is 378 g/mol. The van der Waals surface area contributed by atoms with E-state index in [4.69, 9.17) is 9.47 Å². The van der Waals surface area contributed by atoms with E-state index in [0.29, 0.717) is 17.2 Å². The normalized spacial score (nSPS) is 15.1. The predicted molar refractivity (Wildman–Crippen MR) is 106 cm³/mol. The van der Waals surface area contributed by atoms with Gasteiger partial charge in [-0.25, -0.2) is 9.78 Å².